The number of anilines is 3. The van der Waals surface area contributed by atoms with Gasteiger partial charge < -0.3 is 10.2 Å². The minimum Gasteiger partial charge on any atom is -0.373 e. The minimum absolute atomic E-state index is 0.274. The molecular weight excluding hydrogens is 296 g/mol. The van der Waals surface area contributed by atoms with Crippen molar-refractivity contribution in [3.63, 3.8) is 0 Å². The Bertz CT molecular complexity index is 613. The number of rotatable bonds is 6. The average Bonchev–Trinajstić information content (AvgIpc) is 2.99. The van der Waals surface area contributed by atoms with E-state index in [1.165, 1.54) is 16.9 Å². The van der Waals surface area contributed by atoms with Gasteiger partial charge in [0.05, 0.1) is 11.4 Å². The Kier molecular flexibility index (Phi) is 5.77. The zero-order chi connectivity index (χ0) is 15.9. The number of nitrogens with zero attached hydrogens (tertiary/aromatic N) is 2. The Hall–Kier alpha value is -2.08. The summed E-state index contributed by atoms with van der Waals surface area (Å²) in [5, 5.41) is 8.05. The molecule has 0 spiro atoms. The molecule has 6 heteroatoms. The van der Waals surface area contributed by atoms with Gasteiger partial charge in [0.1, 0.15) is 0 Å². The van der Waals surface area contributed by atoms with E-state index in [4.69, 9.17) is 0 Å². The summed E-state index contributed by atoms with van der Waals surface area (Å²) in [5.74, 6) is 0. The summed E-state index contributed by atoms with van der Waals surface area (Å²) in [5.41, 5.74) is 3.00. The van der Waals surface area contributed by atoms with Gasteiger partial charge in [0.25, 0.3) is 0 Å². The molecule has 118 valence electrons. The van der Waals surface area contributed by atoms with Crippen molar-refractivity contribution in [3.05, 3.63) is 35.3 Å². The van der Waals surface area contributed by atoms with Crippen LogP contribution in [0.1, 0.15) is 25.3 Å². The molecule has 0 aliphatic carbocycles. The zero-order valence-corrected chi connectivity index (χ0v) is 14.0. The number of hydrogen-bond acceptors (Lipinski definition) is 4. The van der Waals surface area contributed by atoms with Crippen LogP contribution in [0.15, 0.2) is 29.8 Å². The fraction of sp³-hybridized carbons (Fsp3) is 0.375. The molecule has 0 fully saturated rings. The summed E-state index contributed by atoms with van der Waals surface area (Å²) in [6.07, 6.45) is 3.93. The molecule has 2 rings (SSSR count). The Balaban J connectivity index is 2.10. The van der Waals surface area contributed by atoms with Crippen molar-refractivity contribution in [2.45, 2.75) is 26.7 Å². The number of urea groups is 1. The Morgan fingerprint density at radius 2 is 2.18 bits per heavy atom. The van der Waals surface area contributed by atoms with Crippen LogP contribution in [0.25, 0.3) is 0 Å². The molecule has 2 amide bonds. The zero-order valence-electron chi connectivity index (χ0n) is 13.2. The molecule has 2 aromatic rings. The maximum atomic E-state index is 12.1. The van der Waals surface area contributed by atoms with Gasteiger partial charge >= 0.3 is 6.03 Å². The molecular formula is C16H22N4OS. The monoisotopic (exact) mass is 318 g/mol. The van der Waals surface area contributed by atoms with Gasteiger partial charge in [-0.1, -0.05) is 19.4 Å². The summed E-state index contributed by atoms with van der Waals surface area (Å²) in [6, 6.07) is 5.75. The van der Waals surface area contributed by atoms with Crippen molar-refractivity contribution in [1.29, 1.82) is 0 Å². The number of unbranched alkanes of at least 4 members (excludes halogenated alkanes) is 1. The number of aromatic nitrogens is 1. The third-order valence-corrected chi connectivity index (χ3v) is 4.00. The van der Waals surface area contributed by atoms with Crippen LogP contribution in [0.4, 0.5) is 21.3 Å². The largest absolute Gasteiger partial charge is 0.373 e. The second kappa shape index (κ2) is 7.79. The number of nitrogens with one attached hydrogen (secondary N) is 2. The van der Waals surface area contributed by atoms with Crippen LogP contribution in [-0.2, 0) is 0 Å². The smallest absolute Gasteiger partial charge is 0.325 e. The van der Waals surface area contributed by atoms with E-state index in [0.29, 0.717) is 5.13 Å². The van der Waals surface area contributed by atoms with Crippen LogP contribution in [0.3, 0.4) is 0 Å². The summed E-state index contributed by atoms with van der Waals surface area (Å²) in [6.45, 7) is 5.18. The second-order valence-corrected chi connectivity index (χ2v) is 6.11. The van der Waals surface area contributed by atoms with E-state index in [9.17, 15) is 4.79 Å². The molecule has 22 heavy (non-hydrogen) atoms. The first-order chi connectivity index (χ1) is 10.6. The highest BCUT2D eigenvalue weighted by Crippen LogP contribution is 2.27. The van der Waals surface area contributed by atoms with Crippen molar-refractivity contribution >= 4 is 33.9 Å². The number of carbonyl (C=O) groups is 1. The molecule has 0 unspecified atom stereocenters. The Morgan fingerprint density at radius 1 is 1.36 bits per heavy atom. The van der Waals surface area contributed by atoms with Gasteiger partial charge in [0.15, 0.2) is 5.13 Å². The molecule has 0 radical (unpaired) electrons. The third kappa shape index (κ3) is 4.46. The van der Waals surface area contributed by atoms with E-state index in [-0.39, 0.29) is 6.03 Å². The van der Waals surface area contributed by atoms with Gasteiger partial charge in [-0.25, -0.2) is 9.78 Å². The standard InChI is InChI=1S/C16H22N4OS/c1-4-5-9-20(3)14-11-12(2)6-7-13(14)18-15(21)19-16-17-8-10-22-16/h6-8,10-11H,4-5,9H2,1-3H3,(H2,17,18,19,21). The lowest BCUT2D eigenvalue weighted by Crippen LogP contribution is -2.24. The lowest BCUT2D eigenvalue weighted by atomic mass is 10.1. The van der Waals surface area contributed by atoms with E-state index in [2.05, 4.69) is 40.4 Å². The molecule has 0 saturated heterocycles. The van der Waals surface area contributed by atoms with Gasteiger partial charge in [0, 0.05) is 25.2 Å². The first-order valence-corrected chi connectivity index (χ1v) is 8.27. The third-order valence-electron chi connectivity index (χ3n) is 3.31. The van der Waals surface area contributed by atoms with Crippen molar-refractivity contribution in [2.24, 2.45) is 0 Å². The quantitative estimate of drug-likeness (QED) is 0.833. The SMILES string of the molecule is CCCCN(C)c1cc(C)ccc1NC(=O)Nc1nccs1. The molecule has 2 N–H and O–H groups in total. The minimum atomic E-state index is -0.274. The lowest BCUT2D eigenvalue weighted by molar-refractivity contribution is 0.262. The topological polar surface area (TPSA) is 57.3 Å². The van der Waals surface area contributed by atoms with Crippen molar-refractivity contribution in [1.82, 2.24) is 4.98 Å². The van der Waals surface area contributed by atoms with E-state index in [0.717, 1.165) is 30.8 Å². The van der Waals surface area contributed by atoms with E-state index >= 15 is 0 Å². The van der Waals surface area contributed by atoms with E-state index in [1.807, 2.05) is 24.6 Å². The number of hydrogen-bond donors (Lipinski definition) is 2. The number of thiazole rings is 1. The summed E-state index contributed by atoms with van der Waals surface area (Å²) < 4.78 is 0. The normalized spacial score (nSPS) is 10.3. The number of aryl methyl sites for hydroxylation is 1. The molecule has 1 aromatic heterocycles. The highest BCUT2D eigenvalue weighted by Gasteiger charge is 2.11. The maximum Gasteiger partial charge on any atom is 0.325 e. The van der Waals surface area contributed by atoms with Crippen LogP contribution in [-0.4, -0.2) is 24.6 Å². The van der Waals surface area contributed by atoms with Crippen LogP contribution < -0.4 is 15.5 Å². The number of benzene rings is 1. The highest BCUT2D eigenvalue weighted by atomic mass is 32.1. The van der Waals surface area contributed by atoms with Crippen molar-refractivity contribution < 1.29 is 4.79 Å². The summed E-state index contributed by atoms with van der Waals surface area (Å²) >= 11 is 1.39. The lowest BCUT2D eigenvalue weighted by Gasteiger charge is -2.23. The summed E-state index contributed by atoms with van der Waals surface area (Å²) in [7, 11) is 2.05. The molecule has 0 aliphatic heterocycles. The second-order valence-electron chi connectivity index (χ2n) is 5.21. The van der Waals surface area contributed by atoms with Crippen LogP contribution in [0, 0.1) is 6.92 Å². The van der Waals surface area contributed by atoms with E-state index < -0.39 is 0 Å². The van der Waals surface area contributed by atoms with Gasteiger partial charge in [0.2, 0.25) is 0 Å². The average molecular weight is 318 g/mol. The van der Waals surface area contributed by atoms with Crippen LogP contribution in [0.2, 0.25) is 0 Å². The molecule has 0 atom stereocenters. The fourth-order valence-corrected chi connectivity index (χ4v) is 2.64. The predicted octanol–water partition coefficient (Wildman–Crippen LogP) is 4.33. The van der Waals surface area contributed by atoms with Crippen molar-refractivity contribution in [3.8, 4) is 0 Å². The summed E-state index contributed by atoms with van der Waals surface area (Å²) in [4.78, 5) is 18.3. The first kappa shape index (κ1) is 16.3. The molecule has 0 aliphatic rings. The Labute approximate surface area is 135 Å². The maximum absolute atomic E-state index is 12.1. The van der Waals surface area contributed by atoms with E-state index in [1.54, 1.807) is 6.20 Å². The number of carbonyl (C=O) groups excluding carboxylic acids is 1. The predicted molar refractivity (Wildman–Crippen MR) is 94.1 cm³/mol. The molecule has 1 heterocycles. The fourth-order valence-electron chi connectivity index (χ4n) is 2.11. The van der Waals surface area contributed by atoms with Gasteiger partial charge in [-0.3, -0.25) is 5.32 Å². The highest BCUT2D eigenvalue weighted by molar-refractivity contribution is 7.13. The van der Waals surface area contributed by atoms with Crippen LogP contribution >= 0.6 is 11.3 Å². The van der Waals surface area contributed by atoms with Gasteiger partial charge in [-0.2, -0.15) is 0 Å². The van der Waals surface area contributed by atoms with Crippen LogP contribution in [0.5, 0.6) is 0 Å². The Morgan fingerprint density at radius 3 is 2.86 bits per heavy atom. The molecule has 0 bridgehead atoms. The molecule has 1 aromatic carbocycles. The molecule has 0 saturated carbocycles. The molecule has 5 nitrogen and oxygen atoms in total. The first-order valence-electron chi connectivity index (χ1n) is 7.39. The van der Waals surface area contributed by atoms with Gasteiger partial charge in [-0.05, 0) is 31.0 Å². The van der Waals surface area contributed by atoms with Gasteiger partial charge in [-0.15, -0.1) is 11.3 Å². The number of amides is 2. The van der Waals surface area contributed by atoms with Crippen molar-refractivity contribution in [2.75, 3.05) is 29.1 Å².